The largest absolute Gasteiger partial charge is 0.356 e. The molecule has 0 aliphatic carbocycles. The standard InChI is InChI=1S/C18H22N2O2/c1-15-8-7-11-18(22)20(15)13-6-5-12-19-17(21)14-16-9-3-2-4-10-16/h2-4,7-11H,5-6,12-14H2,1H3,(H,19,21). The number of aryl methyl sites for hydroxylation is 1. The number of carbonyl (C=O) groups excluding carboxylic acids is 1. The van der Waals surface area contributed by atoms with Gasteiger partial charge in [0, 0.05) is 24.8 Å². The van der Waals surface area contributed by atoms with E-state index in [0.29, 0.717) is 19.5 Å². The van der Waals surface area contributed by atoms with E-state index in [1.54, 1.807) is 16.7 Å². The number of pyridine rings is 1. The number of aromatic nitrogens is 1. The summed E-state index contributed by atoms with van der Waals surface area (Å²) in [6, 6.07) is 15.0. The first-order valence-electron chi connectivity index (χ1n) is 7.64. The Hall–Kier alpha value is -2.36. The first-order valence-corrected chi connectivity index (χ1v) is 7.64. The number of hydrogen-bond donors (Lipinski definition) is 1. The predicted molar refractivity (Wildman–Crippen MR) is 87.8 cm³/mol. The lowest BCUT2D eigenvalue weighted by Gasteiger charge is -2.09. The molecule has 0 saturated carbocycles. The van der Waals surface area contributed by atoms with Gasteiger partial charge in [-0.3, -0.25) is 9.59 Å². The fourth-order valence-electron chi connectivity index (χ4n) is 2.38. The highest BCUT2D eigenvalue weighted by molar-refractivity contribution is 5.78. The third-order valence-electron chi connectivity index (χ3n) is 3.61. The van der Waals surface area contributed by atoms with Crippen LogP contribution in [0.2, 0.25) is 0 Å². The van der Waals surface area contributed by atoms with Gasteiger partial charge in [0.05, 0.1) is 6.42 Å². The molecule has 4 nitrogen and oxygen atoms in total. The van der Waals surface area contributed by atoms with Crippen LogP contribution in [0.4, 0.5) is 0 Å². The molecule has 0 aliphatic heterocycles. The van der Waals surface area contributed by atoms with Crippen molar-refractivity contribution in [2.45, 2.75) is 32.7 Å². The van der Waals surface area contributed by atoms with Crippen LogP contribution in [0.5, 0.6) is 0 Å². The van der Waals surface area contributed by atoms with Gasteiger partial charge in [-0.1, -0.05) is 36.4 Å². The molecule has 0 bridgehead atoms. The van der Waals surface area contributed by atoms with Gasteiger partial charge in [0.15, 0.2) is 0 Å². The van der Waals surface area contributed by atoms with E-state index in [2.05, 4.69) is 5.32 Å². The van der Waals surface area contributed by atoms with Crippen LogP contribution >= 0.6 is 0 Å². The molecule has 22 heavy (non-hydrogen) atoms. The minimum Gasteiger partial charge on any atom is -0.356 e. The average Bonchev–Trinajstić information content (AvgIpc) is 2.50. The first kappa shape index (κ1) is 16.0. The Morgan fingerprint density at radius 3 is 2.55 bits per heavy atom. The van der Waals surface area contributed by atoms with Gasteiger partial charge < -0.3 is 9.88 Å². The fraction of sp³-hybridized carbons (Fsp3) is 0.333. The van der Waals surface area contributed by atoms with E-state index in [1.807, 2.05) is 43.3 Å². The highest BCUT2D eigenvalue weighted by Gasteiger charge is 2.02. The van der Waals surface area contributed by atoms with Crippen molar-refractivity contribution in [3.8, 4) is 0 Å². The maximum absolute atomic E-state index is 11.8. The SMILES string of the molecule is Cc1cccc(=O)n1CCCCNC(=O)Cc1ccccc1. The second-order valence-electron chi connectivity index (χ2n) is 5.38. The van der Waals surface area contributed by atoms with Crippen LogP contribution in [0, 0.1) is 6.92 Å². The monoisotopic (exact) mass is 298 g/mol. The van der Waals surface area contributed by atoms with Gasteiger partial charge in [-0.25, -0.2) is 0 Å². The molecule has 4 heteroatoms. The van der Waals surface area contributed by atoms with Crippen molar-refractivity contribution in [2.75, 3.05) is 6.54 Å². The molecule has 1 aromatic carbocycles. The Labute approximate surface area is 130 Å². The molecule has 1 aromatic heterocycles. The van der Waals surface area contributed by atoms with Crippen LogP contribution in [-0.2, 0) is 17.8 Å². The third-order valence-corrected chi connectivity index (χ3v) is 3.61. The summed E-state index contributed by atoms with van der Waals surface area (Å²) >= 11 is 0. The van der Waals surface area contributed by atoms with E-state index in [4.69, 9.17) is 0 Å². The van der Waals surface area contributed by atoms with E-state index >= 15 is 0 Å². The molecule has 1 amide bonds. The molecule has 2 rings (SSSR count). The molecule has 0 atom stereocenters. The zero-order valence-electron chi connectivity index (χ0n) is 12.9. The molecule has 0 fully saturated rings. The van der Waals surface area contributed by atoms with Crippen molar-refractivity contribution < 1.29 is 4.79 Å². The molecule has 0 radical (unpaired) electrons. The quantitative estimate of drug-likeness (QED) is 0.797. The van der Waals surface area contributed by atoms with Gasteiger partial charge in [-0.15, -0.1) is 0 Å². The number of nitrogens with zero attached hydrogens (tertiary/aromatic N) is 1. The smallest absolute Gasteiger partial charge is 0.250 e. The lowest BCUT2D eigenvalue weighted by Crippen LogP contribution is -2.27. The summed E-state index contributed by atoms with van der Waals surface area (Å²) in [6.45, 7) is 3.27. The summed E-state index contributed by atoms with van der Waals surface area (Å²) < 4.78 is 1.77. The molecule has 116 valence electrons. The lowest BCUT2D eigenvalue weighted by atomic mass is 10.1. The van der Waals surface area contributed by atoms with Gasteiger partial charge >= 0.3 is 0 Å². The second-order valence-corrected chi connectivity index (χ2v) is 5.38. The van der Waals surface area contributed by atoms with Crippen molar-refractivity contribution in [1.82, 2.24) is 9.88 Å². The van der Waals surface area contributed by atoms with Crippen LogP contribution < -0.4 is 10.9 Å². The molecule has 0 spiro atoms. The summed E-state index contributed by atoms with van der Waals surface area (Å²) in [5.41, 5.74) is 2.03. The Kier molecular flexibility index (Phi) is 5.95. The molecule has 0 aliphatic rings. The number of hydrogen-bond acceptors (Lipinski definition) is 2. The predicted octanol–water partition coefficient (Wildman–Crippen LogP) is 2.30. The molecule has 0 unspecified atom stereocenters. The Morgan fingerprint density at radius 2 is 1.82 bits per heavy atom. The van der Waals surface area contributed by atoms with Gasteiger partial charge in [0.2, 0.25) is 5.91 Å². The first-order chi connectivity index (χ1) is 10.7. The normalized spacial score (nSPS) is 10.4. The van der Waals surface area contributed by atoms with E-state index in [9.17, 15) is 9.59 Å². The molecule has 2 aromatic rings. The van der Waals surface area contributed by atoms with Crippen molar-refractivity contribution in [2.24, 2.45) is 0 Å². The maximum atomic E-state index is 11.8. The number of benzene rings is 1. The van der Waals surface area contributed by atoms with Gasteiger partial charge in [-0.2, -0.15) is 0 Å². The van der Waals surface area contributed by atoms with Gasteiger partial charge in [-0.05, 0) is 31.4 Å². The van der Waals surface area contributed by atoms with Crippen molar-refractivity contribution in [1.29, 1.82) is 0 Å². The van der Waals surface area contributed by atoms with Crippen molar-refractivity contribution in [3.05, 3.63) is 70.1 Å². The van der Waals surface area contributed by atoms with Crippen LogP contribution in [0.15, 0.2) is 53.3 Å². The Morgan fingerprint density at radius 1 is 1.05 bits per heavy atom. The zero-order chi connectivity index (χ0) is 15.8. The minimum atomic E-state index is 0.0353. The summed E-state index contributed by atoms with van der Waals surface area (Å²) in [7, 11) is 0. The number of carbonyl (C=O) groups is 1. The maximum Gasteiger partial charge on any atom is 0.250 e. The van der Waals surface area contributed by atoms with Crippen LogP contribution in [-0.4, -0.2) is 17.0 Å². The summed E-state index contributed by atoms with van der Waals surface area (Å²) in [4.78, 5) is 23.5. The van der Waals surface area contributed by atoms with E-state index in [-0.39, 0.29) is 11.5 Å². The number of amides is 1. The summed E-state index contributed by atoms with van der Waals surface area (Å²) in [5.74, 6) is 0.0410. The van der Waals surface area contributed by atoms with E-state index < -0.39 is 0 Å². The Bertz CT molecular complexity index is 662. The molecular weight excluding hydrogens is 276 g/mol. The highest BCUT2D eigenvalue weighted by Crippen LogP contribution is 2.00. The summed E-state index contributed by atoms with van der Waals surface area (Å²) in [6.07, 6.45) is 2.15. The van der Waals surface area contributed by atoms with Crippen LogP contribution in [0.3, 0.4) is 0 Å². The molecule has 1 heterocycles. The zero-order valence-corrected chi connectivity index (χ0v) is 12.9. The fourth-order valence-corrected chi connectivity index (χ4v) is 2.38. The van der Waals surface area contributed by atoms with E-state index in [1.165, 1.54) is 0 Å². The summed E-state index contributed by atoms with van der Waals surface area (Å²) in [5, 5.41) is 2.92. The Balaban J connectivity index is 1.67. The van der Waals surface area contributed by atoms with Gasteiger partial charge in [0.1, 0.15) is 0 Å². The minimum absolute atomic E-state index is 0.0353. The molecular formula is C18H22N2O2. The van der Waals surface area contributed by atoms with Crippen LogP contribution in [0.25, 0.3) is 0 Å². The van der Waals surface area contributed by atoms with Crippen molar-refractivity contribution >= 4 is 5.91 Å². The van der Waals surface area contributed by atoms with Gasteiger partial charge in [0.25, 0.3) is 5.56 Å². The number of nitrogens with one attached hydrogen (secondary N) is 1. The highest BCUT2D eigenvalue weighted by atomic mass is 16.1. The number of rotatable bonds is 7. The van der Waals surface area contributed by atoms with Crippen molar-refractivity contribution in [3.63, 3.8) is 0 Å². The third kappa shape index (κ3) is 4.88. The van der Waals surface area contributed by atoms with E-state index in [0.717, 1.165) is 24.1 Å². The topological polar surface area (TPSA) is 51.1 Å². The molecule has 0 saturated heterocycles. The average molecular weight is 298 g/mol. The number of unbranched alkanes of at least 4 members (excludes halogenated alkanes) is 1. The lowest BCUT2D eigenvalue weighted by molar-refractivity contribution is -0.120. The van der Waals surface area contributed by atoms with Crippen LogP contribution in [0.1, 0.15) is 24.1 Å². The second kappa shape index (κ2) is 8.17. The molecule has 1 N–H and O–H groups in total.